The summed E-state index contributed by atoms with van der Waals surface area (Å²) in [5.41, 5.74) is 1.94. The first-order valence-electron chi connectivity index (χ1n) is 14.7. The molecule has 2 N–H and O–H groups in total. The minimum atomic E-state index is -0.394. The van der Waals surface area contributed by atoms with Gasteiger partial charge >= 0.3 is 0 Å². The SMILES string of the molecule is O=C1CCC(N2Cc3c(F)ccc(OCCCCCCCNC45CC6CC(CC(C6)C4)C5)c3C2)C(=O)N1. The summed E-state index contributed by atoms with van der Waals surface area (Å²) in [7, 11) is 0. The van der Waals surface area contributed by atoms with E-state index >= 15 is 0 Å². The molecule has 4 bridgehead atoms. The second kappa shape index (κ2) is 10.6. The van der Waals surface area contributed by atoms with Gasteiger partial charge in [0.1, 0.15) is 11.6 Å². The van der Waals surface area contributed by atoms with Crippen LogP contribution in [0.15, 0.2) is 12.1 Å². The van der Waals surface area contributed by atoms with Gasteiger partial charge in [-0.3, -0.25) is 19.8 Å². The number of nitrogens with one attached hydrogen (secondary N) is 2. The predicted molar refractivity (Wildman–Crippen MR) is 139 cm³/mol. The molecule has 1 atom stereocenters. The number of unbranched alkanes of at least 4 members (excludes halogenated alkanes) is 4. The second-order valence-electron chi connectivity index (χ2n) is 12.6. The Bertz CT molecular complexity index is 992. The smallest absolute Gasteiger partial charge is 0.243 e. The Hall–Kier alpha value is -1.99. The number of fused-ring (bicyclic) bond motifs is 1. The maximum Gasteiger partial charge on any atom is 0.243 e. The molecule has 6 aliphatic rings. The molecule has 1 aromatic rings. The molecule has 0 radical (unpaired) electrons. The molecule has 2 amide bonds. The zero-order valence-electron chi connectivity index (χ0n) is 22.0. The van der Waals surface area contributed by atoms with E-state index in [2.05, 4.69) is 10.6 Å². The van der Waals surface area contributed by atoms with E-state index < -0.39 is 6.04 Å². The van der Waals surface area contributed by atoms with Gasteiger partial charge < -0.3 is 10.1 Å². The molecular formula is C30H42FN3O3. The van der Waals surface area contributed by atoms with Crippen molar-refractivity contribution in [2.75, 3.05) is 13.2 Å². The van der Waals surface area contributed by atoms with Crippen LogP contribution in [0.25, 0.3) is 0 Å². The Kier molecular flexibility index (Phi) is 7.28. The van der Waals surface area contributed by atoms with E-state index in [0.717, 1.165) is 48.5 Å². The molecule has 0 spiro atoms. The standard InChI is InChI=1S/C30H42FN3O3/c31-25-6-8-27(24-19-34(18-23(24)25)26-7-9-28(35)33-29(26)36)37-11-5-3-1-2-4-10-32-30-15-20-12-21(16-30)14-22(13-20)17-30/h6,8,20-22,26,32H,1-5,7,9-19H2,(H,33,35,36). The van der Waals surface area contributed by atoms with Crippen LogP contribution < -0.4 is 15.4 Å². The summed E-state index contributed by atoms with van der Waals surface area (Å²) in [6.07, 6.45) is 15.5. The fourth-order valence-corrected chi connectivity index (χ4v) is 8.46. The van der Waals surface area contributed by atoms with Crippen LogP contribution >= 0.6 is 0 Å². The van der Waals surface area contributed by atoms with Crippen molar-refractivity contribution in [3.8, 4) is 5.75 Å². The Morgan fingerprint density at radius 2 is 1.62 bits per heavy atom. The van der Waals surface area contributed by atoms with Crippen molar-refractivity contribution in [1.29, 1.82) is 0 Å². The van der Waals surface area contributed by atoms with Crippen molar-refractivity contribution in [1.82, 2.24) is 15.5 Å². The molecular weight excluding hydrogens is 469 g/mol. The summed E-state index contributed by atoms with van der Waals surface area (Å²) >= 11 is 0. The third-order valence-electron chi connectivity index (χ3n) is 9.82. The highest BCUT2D eigenvalue weighted by Gasteiger charge is 2.50. The first kappa shape index (κ1) is 25.3. The van der Waals surface area contributed by atoms with E-state index in [-0.39, 0.29) is 17.6 Å². The average Bonchev–Trinajstić information content (AvgIpc) is 3.29. The van der Waals surface area contributed by atoms with Crippen molar-refractivity contribution in [2.24, 2.45) is 17.8 Å². The Morgan fingerprint density at radius 3 is 2.35 bits per heavy atom. The van der Waals surface area contributed by atoms with Crippen LogP contribution in [0, 0.1) is 23.6 Å². The minimum Gasteiger partial charge on any atom is -0.493 e. The summed E-state index contributed by atoms with van der Waals surface area (Å²) in [5, 5.41) is 6.42. The number of carbonyl (C=O) groups is 2. The number of hydrogen-bond acceptors (Lipinski definition) is 5. The number of piperidine rings is 1. The van der Waals surface area contributed by atoms with Gasteiger partial charge in [0.15, 0.2) is 0 Å². The van der Waals surface area contributed by atoms with Crippen molar-refractivity contribution in [2.45, 2.75) is 108 Å². The van der Waals surface area contributed by atoms with Crippen molar-refractivity contribution < 1.29 is 18.7 Å². The number of carbonyl (C=O) groups excluding carboxylic acids is 2. The van der Waals surface area contributed by atoms with Gasteiger partial charge in [-0.25, -0.2) is 4.39 Å². The van der Waals surface area contributed by atoms with Gasteiger partial charge in [-0.15, -0.1) is 0 Å². The number of amides is 2. The fraction of sp³-hybridized carbons (Fsp3) is 0.733. The Balaban J connectivity index is 0.893. The van der Waals surface area contributed by atoms with Crippen LogP contribution in [-0.2, 0) is 22.7 Å². The fourth-order valence-electron chi connectivity index (χ4n) is 8.46. The van der Waals surface area contributed by atoms with E-state index in [1.165, 1.54) is 63.9 Å². The summed E-state index contributed by atoms with van der Waals surface area (Å²) < 4.78 is 20.6. The van der Waals surface area contributed by atoms with Crippen LogP contribution in [0.5, 0.6) is 5.75 Å². The maximum absolute atomic E-state index is 14.5. The molecule has 2 aliphatic heterocycles. The minimum absolute atomic E-state index is 0.230. The molecule has 4 saturated carbocycles. The van der Waals surface area contributed by atoms with E-state index in [1.807, 2.05) is 4.90 Å². The number of halogens is 1. The molecule has 1 aromatic carbocycles. The summed E-state index contributed by atoms with van der Waals surface area (Å²) in [4.78, 5) is 25.7. The molecule has 1 saturated heterocycles. The number of benzene rings is 1. The number of ether oxygens (including phenoxy) is 1. The molecule has 7 rings (SSSR count). The second-order valence-corrected chi connectivity index (χ2v) is 12.6. The van der Waals surface area contributed by atoms with Gasteiger partial charge in [0.05, 0.1) is 12.6 Å². The number of hydrogen-bond donors (Lipinski definition) is 2. The molecule has 4 aliphatic carbocycles. The van der Waals surface area contributed by atoms with Gasteiger partial charge in [0, 0.05) is 36.2 Å². The maximum atomic E-state index is 14.5. The van der Waals surface area contributed by atoms with Crippen molar-refractivity contribution >= 4 is 11.8 Å². The first-order chi connectivity index (χ1) is 18.0. The third kappa shape index (κ3) is 5.44. The van der Waals surface area contributed by atoms with Crippen LogP contribution in [0.2, 0.25) is 0 Å². The lowest BCUT2D eigenvalue weighted by Gasteiger charge is -2.57. The van der Waals surface area contributed by atoms with Gasteiger partial charge in [-0.05, 0) is 94.2 Å². The summed E-state index contributed by atoms with van der Waals surface area (Å²) in [6, 6.07) is 2.80. The van der Waals surface area contributed by atoms with Gasteiger partial charge in [0.25, 0.3) is 0 Å². The van der Waals surface area contributed by atoms with Crippen LogP contribution in [0.4, 0.5) is 4.39 Å². The molecule has 202 valence electrons. The molecule has 6 nitrogen and oxygen atoms in total. The van der Waals surface area contributed by atoms with Crippen LogP contribution in [0.1, 0.15) is 94.6 Å². The number of rotatable bonds is 11. The van der Waals surface area contributed by atoms with Crippen LogP contribution in [0.3, 0.4) is 0 Å². The topological polar surface area (TPSA) is 70.7 Å². The van der Waals surface area contributed by atoms with Gasteiger partial charge in [-0.1, -0.05) is 19.3 Å². The molecule has 5 fully saturated rings. The van der Waals surface area contributed by atoms with E-state index in [1.54, 1.807) is 6.07 Å². The lowest BCUT2D eigenvalue weighted by molar-refractivity contribution is -0.137. The third-order valence-corrected chi connectivity index (χ3v) is 9.82. The first-order valence-corrected chi connectivity index (χ1v) is 14.7. The lowest BCUT2D eigenvalue weighted by Crippen LogP contribution is -2.58. The van der Waals surface area contributed by atoms with Crippen LogP contribution in [-0.4, -0.2) is 41.4 Å². The molecule has 2 heterocycles. The Morgan fingerprint density at radius 1 is 0.946 bits per heavy atom. The summed E-state index contributed by atoms with van der Waals surface area (Å²) in [5.74, 6) is 2.97. The average molecular weight is 512 g/mol. The van der Waals surface area contributed by atoms with Gasteiger partial charge in [-0.2, -0.15) is 0 Å². The van der Waals surface area contributed by atoms with E-state index in [9.17, 15) is 14.0 Å². The number of imide groups is 1. The highest BCUT2D eigenvalue weighted by Crippen LogP contribution is 2.55. The van der Waals surface area contributed by atoms with Gasteiger partial charge in [0.2, 0.25) is 11.8 Å². The number of nitrogens with zero attached hydrogens (tertiary/aromatic N) is 1. The predicted octanol–water partition coefficient (Wildman–Crippen LogP) is 4.83. The quantitative estimate of drug-likeness (QED) is 0.329. The lowest BCUT2D eigenvalue weighted by atomic mass is 9.53. The van der Waals surface area contributed by atoms with E-state index in [0.29, 0.717) is 43.6 Å². The summed E-state index contributed by atoms with van der Waals surface area (Å²) in [6.45, 7) is 2.64. The zero-order chi connectivity index (χ0) is 25.4. The normalized spacial score (nSPS) is 32.6. The van der Waals surface area contributed by atoms with Crippen molar-refractivity contribution in [3.63, 3.8) is 0 Å². The Labute approximate surface area is 220 Å². The van der Waals surface area contributed by atoms with E-state index in [4.69, 9.17) is 4.74 Å². The highest BCUT2D eigenvalue weighted by molar-refractivity contribution is 6.00. The molecule has 1 unspecified atom stereocenters. The molecule has 7 heteroatoms. The molecule has 0 aromatic heterocycles. The van der Waals surface area contributed by atoms with Crippen molar-refractivity contribution in [3.05, 3.63) is 29.1 Å². The highest BCUT2D eigenvalue weighted by atomic mass is 19.1. The monoisotopic (exact) mass is 511 g/mol. The zero-order valence-corrected chi connectivity index (χ0v) is 22.0. The largest absolute Gasteiger partial charge is 0.493 e. The molecule has 37 heavy (non-hydrogen) atoms.